The molecule has 0 unspecified atom stereocenters. The van der Waals surface area contributed by atoms with Gasteiger partial charge in [-0.3, -0.25) is 9.59 Å². The minimum absolute atomic E-state index is 0.276. The Labute approximate surface area is 338 Å². The molecule has 0 radical (unpaired) electrons. The molecular weight excluding hydrogens is 715 g/mol. The van der Waals surface area contributed by atoms with E-state index in [9.17, 15) is 19.2 Å². The Balaban J connectivity index is 0. The first-order chi connectivity index (χ1) is 26.6. The largest absolute Gasteiger partial charge is 0.494 e. The minimum atomic E-state index is -0.966. The maximum atomic E-state index is 10.8. The summed E-state index contributed by atoms with van der Waals surface area (Å²) < 4.78 is 5.58. The van der Waals surface area contributed by atoms with Crippen LogP contribution in [0.4, 0.5) is 0 Å². The standard InChI is InChI=1S/C20H36O2.C17H26O3.C8H15NO3S/c1-2-3-4-5-6-7-8-9-10-11-12-13-14-15-16-17-18-19-20(21)22;1-2-3-4-5-6-7-8-9-13-20-16-12-10-11-15(14-16)17(18)19;1-3-13-5-4-7(8(11)12)9-6(2)10/h12-13,15-16H,2-11,14,17-19H2,1H3,(H,21,22);10-12,14H,2-9,13H2,1H3,(H,18,19);7H,3-5H2,1-2H3,(H,9,10)(H,11,12)/b13-12+,16-15+;;/t;;7-/m..0/s1. The number of carbonyl (C=O) groups excluding carboxylic acids is 1. The van der Waals surface area contributed by atoms with Crippen molar-refractivity contribution in [3.63, 3.8) is 0 Å². The lowest BCUT2D eigenvalue weighted by atomic mass is 10.1. The van der Waals surface area contributed by atoms with Gasteiger partial charge in [0.1, 0.15) is 11.8 Å². The van der Waals surface area contributed by atoms with Crippen molar-refractivity contribution in [3.8, 4) is 5.75 Å². The summed E-state index contributed by atoms with van der Waals surface area (Å²) in [5.41, 5.74) is 0.276. The van der Waals surface area contributed by atoms with E-state index in [0.29, 0.717) is 18.8 Å². The van der Waals surface area contributed by atoms with Gasteiger partial charge in [-0.1, -0.05) is 147 Å². The van der Waals surface area contributed by atoms with Gasteiger partial charge in [-0.15, -0.1) is 0 Å². The topological polar surface area (TPSA) is 150 Å². The highest BCUT2D eigenvalue weighted by atomic mass is 32.2. The highest BCUT2D eigenvalue weighted by Crippen LogP contribution is 2.15. The van der Waals surface area contributed by atoms with Gasteiger partial charge in [0.2, 0.25) is 5.91 Å². The van der Waals surface area contributed by atoms with E-state index in [1.807, 2.05) is 6.92 Å². The second-order valence-electron chi connectivity index (χ2n) is 13.8. The second kappa shape index (κ2) is 41.9. The van der Waals surface area contributed by atoms with E-state index < -0.39 is 23.9 Å². The van der Waals surface area contributed by atoms with Crippen molar-refractivity contribution in [3.05, 3.63) is 54.1 Å². The number of thioether (sulfide) groups is 1. The number of amides is 1. The van der Waals surface area contributed by atoms with Gasteiger partial charge in [-0.05, 0) is 74.7 Å². The maximum Gasteiger partial charge on any atom is 0.335 e. The number of aliphatic carboxylic acids is 2. The van der Waals surface area contributed by atoms with Crippen molar-refractivity contribution in [2.45, 2.75) is 181 Å². The first-order valence-electron chi connectivity index (χ1n) is 21.1. The monoisotopic (exact) mass is 792 g/mol. The van der Waals surface area contributed by atoms with E-state index in [0.717, 1.165) is 37.2 Å². The molecule has 1 aromatic rings. The first-order valence-corrected chi connectivity index (χ1v) is 22.3. The summed E-state index contributed by atoms with van der Waals surface area (Å²) in [6, 6.07) is 5.93. The van der Waals surface area contributed by atoms with E-state index in [4.69, 9.17) is 20.1 Å². The van der Waals surface area contributed by atoms with Crippen LogP contribution in [0, 0.1) is 0 Å². The summed E-state index contributed by atoms with van der Waals surface area (Å²) in [5, 5.41) is 28.5. The van der Waals surface area contributed by atoms with Crippen molar-refractivity contribution in [2.75, 3.05) is 18.1 Å². The zero-order valence-corrected chi connectivity index (χ0v) is 35.7. The number of carboxylic acids is 3. The van der Waals surface area contributed by atoms with E-state index >= 15 is 0 Å². The summed E-state index contributed by atoms with van der Waals surface area (Å²) in [7, 11) is 0. The van der Waals surface area contributed by atoms with Crippen molar-refractivity contribution in [2.24, 2.45) is 0 Å². The number of ether oxygens (including phenoxy) is 1. The molecule has 0 heterocycles. The highest BCUT2D eigenvalue weighted by molar-refractivity contribution is 7.99. The quantitative estimate of drug-likeness (QED) is 0.0403. The molecule has 1 amide bonds. The number of unbranched alkanes of at least 4 members (excludes halogenated alkanes) is 17. The first kappa shape index (κ1) is 53.8. The van der Waals surface area contributed by atoms with Crippen LogP contribution in [0.15, 0.2) is 48.6 Å². The van der Waals surface area contributed by atoms with Crippen molar-refractivity contribution < 1.29 is 39.2 Å². The number of nitrogens with one attached hydrogen (secondary N) is 1. The van der Waals surface area contributed by atoms with Crippen LogP contribution in [0.5, 0.6) is 5.75 Å². The van der Waals surface area contributed by atoms with Crippen LogP contribution < -0.4 is 10.1 Å². The molecule has 0 bridgehead atoms. The Morgan fingerprint density at radius 2 is 1.24 bits per heavy atom. The molecule has 9 nitrogen and oxygen atoms in total. The molecule has 0 saturated heterocycles. The number of aromatic carboxylic acids is 1. The number of hydrogen-bond acceptors (Lipinski definition) is 6. The molecule has 0 aliphatic carbocycles. The number of allylic oxidation sites excluding steroid dienone is 4. The molecule has 316 valence electrons. The van der Waals surface area contributed by atoms with Gasteiger partial charge in [0.15, 0.2) is 0 Å². The highest BCUT2D eigenvalue weighted by Gasteiger charge is 2.17. The van der Waals surface area contributed by atoms with Gasteiger partial charge in [-0.25, -0.2) is 9.59 Å². The van der Waals surface area contributed by atoms with E-state index in [1.54, 1.807) is 36.0 Å². The van der Waals surface area contributed by atoms with Gasteiger partial charge in [-0.2, -0.15) is 11.8 Å². The zero-order chi connectivity index (χ0) is 41.2. The molecule has 0 fully saturated rings. The molecule has 1 rings (SSSR count). The third kappa shape index (κ3) is 41.7. The predicted molar refractivity (Wildman–Crippen MR) is 231 cm³/mol. The molecule has 4 N–H and O–H groups in total. The van der Waals surface area contributed by atoms with E-state index in [1.165, 1.54) is 116 Å². The summed E-state index contributed by atoms with van der Waals surface area (Å²) in [6.45, 7) is 8.50. The Kier molecular flexibility index (Phi) is 41.0. The average molecular weight is 792 g/mol. The molecule has 0 spiro atoms. The number of carbonyl (C=O) groups is 4. The Hall–Kier alpha value is -3.27. The number of carboxylic acid groups (broad SMARTS) is 3. The molecule has 0 saturated carbocycles. The fraction of sp³-hybridized carbons (Fsp3) is 0.689. The lowest BCUT2D eigenvalue weighted by molar-refractivity contribution is -0.141. The fourth-order valence-electron chi connectivity index (χ4n) is 5.44. The third-order valence-electron chi connectivity index (χ3n) is 8.62. The van der Waals surface area contributed by atoms with E-state index in [-0.39, 0.29) is 17.9 Å². The summed E-state index contributed by atoms with van der Waals surface area (Å²) in [6.07, 6.45) is 35.9. The van der Waals surface area contributed by atoms with Crippen LogP contribution in [0.3, 0.4) is 0 Å². The summed E-state index contributed by atoms with van der Waals surface area (Å²) >= 11 is 1.67. The molecule has 0 aliphatic rings. The van der Waals surface area contributed by atoms with Crippen LogP contribution in [0.25, 0.3) is 0 Å². The van der Waals surface area contributed by atoms with Crippen LogP contribution in [-0.2, 0) is 14.4 Å². The van der Waals surface area contributed by atoms with Gasteiger partial charge >= 0.3 is 17.9 Å². The average Bonchev–Trinajstić information content (AvgIpc) is 3.15. The summed E-state index contributed by atoms with van der Waals surface area (Å²) in [4.78, 5) is 42.4. The van der Waals surface area contributed by atoms with E-state index in [2.05, 4.69) is 43.5 Å². The second-order valence-corrected chi connectivity index (χ2v) is 15.2. The Morgan fingerprint density at radius 1 is 0.709 bits per heavy atom. The number of hydrogen-bond donors (Lipinski definition) is 4. The lowest BCUT2D eigenvalue weighted by Gasteiger charge is -2.11. The van der Waals surface area contributed by atoms with Crippen molar-refractivity contribution in [1.82, 2.24) is 5.32 Å². The van der Waals surface area contributed by atoms with Crippen LogP contribution in [0.2, 0.25) is 0 Å². The molecule has 1 aromatic carbocycles. The molecule has 0 aromatic heterocycles. The zero-order valence-electron chi connectivity index (χ0n) is 34.9. The Bertz CT molecular complexity index is 1140. The lowest BCUT2D eigenvalue weighted by Crippen LogP contribution is -2.39. The fourth-order valence-corrected chi connectivity index (χ4v) is 6.13. The van der Waals surface area contributed by atoms with Crippen molar-refractivity contribution in [1.29, 1.82) is 0 Å². The molecule has 10 heteroatoms. The van der Waals surface area contributed by atoms with Gasteiger partial charge in [0, 0.05) is 13.3 Å². The van der Waals surface area contributed by atoms with Crippen LogP contribution in [0.1, 0.15) is 186 Å². The smallest absolute Gasteiger partial charge is 0.335 e. The minimum Gasteiger partial charge on any atom is -0.494 e. The van der Waals surface area contributed by atoms with Crippen LogP contribution in [-0.4, -0.2) is 63.3 Å². The number of rotatable bonds is 33. The SMILES string of the molecule is CCCCCCCCCCC/C=C/C/C=C/CCCC(=O)O.CCCCCCCCCCOc1cccc(C(=O)O)c1.CCSCC[C@H](NC(C)=O)C(=O)O. The van der Waals surface area contributed by atoms with Gasteiger partial charge in [0.25, 0.3) is 0 Å². The number of benzene rings is 1. The van der Waals surface area contributed by atoms with Crippen LogP contribution >= 0.6 is 11.8 Å². The van der Waals surface area contributed by atoms with Gasteiger partial charge < -0.3 is 25.4 Å². The van der Waals surface area contributed by atoms with Gasteiger partial charge in [0.05, 0.1) is 12.2 Å². The third-order valence-corrected chi connectivity index (χ3v) is 9.55. The molecule has 55 heavy (non-hydrogen) atoms. The molecule has 0 aliphatic heterocycles. The normalized spacial score (nSPS) is 11.3. The molecular formula is C45H77NO8S. The summed E-state index contributed by atoms with van der Waals surface area (Å²) in [5.74, 6) is -0.509. The molecule has 1 atom stereocenters. The predicted octanol–water partition coefficient (Wildman–Crippen LogP) is 12.3. The Morgan fingerprint density at radius 3 is 1.73 bits per heavy atom. The van der Waals surface area contributed by atoms with Crippen molar-refractivity contribution >= 4 is 35.6 Å². The maximum absolute atomic E-state index is 10.8.